The number of nitrogens with zero attached hydrogens (tertiary/aromatic N) is 1. The fraction of sp³-hybridized carbons (Fsp3) is 0.385. The van der Waals surface area contributed by atoms with Gasteiger partial charge in [-0.2, -0.15) is 0 Å². The first-order chi connectivity index (χ1) is 15.2. The van der Waals surface area contributed by atoms with Gasteiger partial charge in [0.1, 0.15) is 0 Å². The molecule has 0 bridgehead atoms. The van der Waals surface area contributed by atoms with Crippen LogP contribution in [-0.4, -0.2) is 30.0 Å². The number of rotatable bonds is 11. The molecule has 0 atom stereocenters. The molecule has 0 N–H and O–H groups in total. The van der Waals surface area contributed by atoms with Gasteiger partial charge in [-0.25, -0.2) is 4.79 Å². The second-order valence-electron chi connectivity index (χ2n) is 7.61. The Bertz CT molecular complexity index is 877. The Hall–Kier alpha value is -2.92. The molecule has 0 saturated carbocycles. The molecule has 2 aromatic carbocycles. The van der Waals surface area contributed by atoms with Crippen molar-refractivity contribution in [2.45, 2.75) is 52.2 Å². The SMILES string of the molecule is CCOC(=O)C1=C(CCCCOCc2ccccc2)N(Cc2ccccc2)C(=O)CC1. The number of carbonyl (C=O) groups is 2. The van der Waals surface area contributed by atoms with E-state index in [0.29, 0.717) is 51.2 Å². The van der Waals surface area contributed by atoms with E-state index < -0.39 is 0 Å². The van der Waals surface area contributed by atoms with Gasteiger partial charge in [0.15, 0.2) is 0 Å². The molecule has 0 saturated heterocycles. The van der Waals surface area contributed by atoms with Crippen LogP contribution in [0.4, 0.5) is 0 Å². The summed E-state index contributed by atoms with van der Waals surface area (Å²) in [5, 5.41) is 0. The first kappa shape index (κ1) is 22.8. The minimum atomic E-state index is -0.302. The topological polar surface area (TPSA) is 55.8 Å². The predicted octanol–water partition coefficient (Wildman–Crippen LogP) is 5.01. The van der Waals surface area contributed by atoms with Crippen LogP contribution in [0, 0.1) is 0 Å². The number of amides is 1. The van der Waals surface area contributed by atoms with Gasteiger partial charge < -0.3 is 14.4 Å². The molecule has 0 unspecified atom stereocenters. The van der Waals surface area contributed by atoms with Crippen molar-refractivity contribution in [1.29, 1.82) is 0 Å². The van der Waals surface area contributed by atoms with Gasteiger partial charge in [-0.15, -0.1) is 0 Å². The van der Waals surface area contributed by atoms with Gasteiger partial charge in [0, 0.05) is 18.7 Å². The van der Waals surface area contributed by atoms with E-state index in [4.69, 9.17) is 9.47 Å². The van der Waals surface area contributed by atoms with Crippen LogP contribution in [0.2, 0.25) is 0 Å². The van der Waals surface area contributed by atoms with E-state index >= 15 is 0 Å². The predicted molar refractivity (Wildman–Crippen MR) is 120 cm³/mol. The van der Waals surface area contributed by atoms with Gasteiger partial charge >= 0.3 is 5.97 Å². The summed E-state index contributed by atoms with van der Waals surface area (Å²) in [4.78, 5) is 27.1. The van der Waals surface area contributed by atoms with Crippen LogP contribution < -0.4 is 0 Å². The van der Waals surface area contributed by atoms with Gasteiger partial charge in [0.2, 0.25) is 5.91 Å². The van der Waals surface area contributed by atoms with Crippen molar-refractivity contribution in [1.82, 2.24) is 4.90 Å². The molecule has 1 aliphatic rings. The van der Waals surface area contributed by atoms with Crippen LogP contribution >= 0.6 is 0 Å². The summed E-state index contributed by atoms with van der Waals surface area (Å²) in [6, 6.07) is 20.0. The van der Waals surface area contributed by atoms with E-state index in [2.05, 4.69) is 0 Å². The average molecular weight is 422 g/mol. The Kier molecular flexibility index (Phi) is 8.85. The van der Waals surface area contributed by atoms with E-state index in [1.165, 1.54) is 0 Å². The Balaban J connectivity index is 1.63. The summed E-state index contributed by atoms with van der Waals surface area (Å²) in [5.41, 5.74) is 3.65. The lowest BCUT2D eigenvalue weighted by Crippen LogP contribution is -2.35. The third-order valence-electron chi connectivity index (χ3n) is 5.33. The highest BCUT2D eigenvalue weighted by atomic mass is 16.5. The highest BCUT2D eigenvalue weighted by molar-refractivity contribution is 5.93. The Labute approximate surface area is 184 Å². The molecule has 1 aliphatic heterocycles. The monoisotopic (exact) mass is 421 g/mol. The summed E-state index contributed by atoms with van der Waals surface area (Å²) in [5.74, 6) is -0.240. The highest BCUT2D eigenvalue weighted by Crippen LogP contribution is 2.29. The van der Waals surface area contributed by atoms with Crippen LogP contribution in [0.25, 0.3) is 0 Å². The molecule has 5 nitrogen and oxygen atoms in total. The molecule has 3 rings (SSSR count). The van der Waals surface area contributed by atoms with Crippen LogP contribution in [0.1, 0.15) is 50.2 Å². The third-order valence-corrected chi connectivity index (χ3v) is 5.33. The Morgan fingerprint density at radius 2 is 1.61 bits per heavy atom. The number of benzene rings is 2. The number of carbonyl (C=O) groups excluding carboxylic acids is 2. The number of ether oxygens (including phenoxy) is 2. The maximum atomic E-state index is 12.7. The van der Waals surface area contributed by atoms with Crippen molar-refractivity contribution in [2.24, 2.45) is 0 Å². The van der Waals surface area contributed by atoms with E-state index in [-0.39, 0.29) is 11.9 Å². The smallest absolute Gasteiger partial charge is 0.335 e. The van der Waals surface area contributed by atoms with Crippen molar-refractivity contribution in [3.05, 3.63) is 83.1 Å². The molecular formula is C26H31NO4. The molecule has 164 valence electrons. The number of esters is 1. The van der Waals surface area contributed by atoms with Gasteiger partial charge in [0.05, 0.1) is 25.3 Å². The minimum absolute atomic E-state index is 0.0622. The summed E-state index contributed by atoms with van der Waals surface area (Å²) in [6.45, 7) is 3.84. The second-order valence-corrected chi connectivity index (χ2v) is 7.61. The number of hydrogen-bond acceptors (Lipinski definition) is 4. The van der Waals surface area contributed by atoms with Crippen LogP contribution in [0.5, 0.6) is 0 Å². The summed E-state index contributed by atoms with van der Waals surface area (Å²) >= 11 is 0. The summed E-state index contributed by atoms with van der Waals surface area (Å²) < 4.78 is 11.1. The zero-order valence-corrected chi connectivity index (χ0v) is 18.2. The number of allylic oxidation sites excluding steroid dienone is 1. The molecule has 0 aliphatic carbocycles. The number of unbranched alkanes of at least 4 members (excludes halogenated alkanes) is 1. The van der Waals surface area contributed by atoms with Crippen molar-refractivity contribution in [3.63, 3.8) is 0 Å². The van der Waals surface area contributed by atoms with Gasteiger partial charge in [-0.1, -0.05) is 60.7 Å². The van der Waals surface area contributed by atoms with E-state index in [1.807, 2.05) is 60.7 Å². The maximum Gasteiger partial charge on any atom is 0.335 e. The van der Waals surface area contributed by atoms with E-state index in [0.717, 1.165) is 29.7 Å². The van der Waals surface area contributed by atoms with Crippen LogP contribution in [0.15, 0.2) is 71.9 Å². The standard InChI is InChI=1S/C26H31NO4/c1-2-31-26(29)23-16-17-25(28)27(19-21-11-5-3-6-12-21)24(23)15-9-10-18-30-20-22-13-7-4-8-14-22/h3-8,11-14H,2,9-10,15-20H2,1H3. The first-order valence-electron chi connectivity index (χ1n) is 11.0. The first-order valence-corrected chi connectivity index (χ1v) is 11.0. The molecule has 31 heavy (non-hydrogen) atoms. The van der Waals surface area contributed by atoms with Crippen LogP contribution in [0.3, 0.4) is 0 Å². The molecular weight excluding hydrogens is 390 g/mol. The Morgan fingerprint density at radius 3 is 2.29 bits per heavy atom. The van der Waals surface area contributed by atoms with E-state index in [1.54, 1.807) is 11.8 Å². The molecule has 5 heteroatoms. The van der Waals surface area contributed by atoms with E-state index in [9.17, 15) is 9.59 Å². The molecule has 0 spiro atoms. The lowest BCUT2D eigenvalue weighted by Gasteiger charge is -2.32. The molecule has 0 fully saturated rings. The van der Waals surface area contributed by atoms with Gasteiger partial charge in [-0.3, -0.25) is 4.79 Å². The van der Waals surface area contributed by atoms with Crippen molar-refractivity contribution < 1.29 is 19.1 Å². The zero-order chi connectivity index (χ0) is 21.9. The lowest BCUT2D eigenvalue weighted by atomic mass is 9.97. The molecule has 1 heterocycles. The molecule has 0 radical (unpaired) electrons. The maximum absolute atomic E-state index is 12.7. The quantitative estimate of drug-likeness (QED) is 0.378. The molecule has 0 aromatic heterocycles. The fourth-order valence-electron chi connectivity index (χ4n) is 3.76. The average Bonchev–Trinajstić information content (AvgIpc) is 2.79. The highest BCUT2D eigenvalue weighted by Gasteiger charge is 2.30. The minimum Gasteiger partial charge on any atom is -0.463 e. The Morgan fingerprint density at radius 1 is 0.935 bits per heavy atom. The van der Waals surface area contributed by atoms with Crippen LogP contribution in [-0.2, 0) is 32.2 Å². The van der Waals surface area contributed by atoms with Gasteiger partial charge in [-0.05, 0) is 43.7 Å². The normalized spacial score (nSPS) is 14.1. The second kappa shape index (κ2) is 12.1. The summed E-state index contributed by atoms with van der Waals surface area (Å²) in [7, 11) is 0. The lowest BCUT2D eigenvalue weighted by molar-refractivity contribution is -0.139. The number of hydrogen-bond donors (Lipinski definition) is 0. The third kappa shape index (κ3) is 6.79. The van der Waals surface area contributed by atoms with Crippen molar-refractivity contribution >= 4 is 11.9 Å². The zero-order valence-electron chi connectivity index (χ0n) is 18.2. The van der Waals surface area contributed by atoms with Gasteiger partial charge in [0.25, 0.3) is 0 Å². The summed E-state index contributed by atoms with van der Waals surface area (Å²) in [6.07, 6.45) is 3.14. The largest absolute Gasteiger partial charge is 0.463 e. The molecule has 1 amide bonds. The fourth-order valence-corrected chi connectivity index (χ4v) is 3.76. The van der Waals surface area contributed by atoms with Crippen molar-refractivity contribution in [2.75, 3.05) is 13.2 Å². The van der Waals surface area contributed by atoms with Crippen molar-refractivity contribution in [3.8, 4) is 0 Å². The molecule has 2 aromatic rings.